The number of Topliss-reactive ketones (excluding diaryl/α,β-unsaturated/α-hetero) is 1. The number of halogens is 2. The van der Waals surface area contributed by atoms with Crippen molar-refractivity contribution in [2.45, 2.75) is 38.7 Å². The molecule has 0 bridgehead atoms. The van der Waals surface area contributed by atoms with Crippen LogP contribution in [0.5, 0.6) is 0 Å². The van der Waals surface area contributed by atoms with Gasteiger partial charge in [0.25, 0.3) is 0 Å². The van der Waals surface area contributed by atoms with Crippen LogP contribution in [-0.4, -0.2) is 16.5 Å². The Morgan fingerprint density at radius 3 is 2.35 bits per heavy atom. The minimum Gasteiger partial charge on any atom is -0.382 e. The summed E-state index contributed by atoms with van der Waals surface area (Å²) >= 11 is 0. The van der Waals surface area contributed by atoms with E-state index in [0.717, 1.165) is 12.1 Å². The lowest BCUT2D eigenvalue weighted by Crippen LogP contribution is -2.38. The Balaban J connectivity index is 2.88. The summed E-state index contributed by atoms with van der Waals surface area (Å²) in [6.07, 6.45) is 0.348. The highest BCUT2D eigenvalue weighted by molar-refractivity contribution is 5.88. The lowest BCUT2D eigenvalue weighted by molar-refractivity contribution is -0.137. The fourth-order valence-corrected chi connectivity index (χ4v) is 1.65. The highest BCUT2D eigenvalue weighted by Gasteiger charge is 2.31. The van der Waals surface area contributed by atoms with Crippen molar-refractivity contribution in [3.8, 4) is 0 Å². The fourth-order valence-electron chi connectivity index (χ4n) is 1.65. The van der Waals surface area contributed by atoms with Crippen LogP contribution in [0.15, 0.2) is 18.2 Å². The predicted octanol–water partition coefficient (Wildman–Crippen LogP) is 2.63. The Kier molecular flexibility index (Phi) is 4.34. The summed E-state index contributed by atoms with van der Waals surface area (Å²) < 4.78 is 26.0. The largest absolute Gasteiger partial charge is 0.382 e. The molecule has 0 heterocycles. The normalized spacial score (nSPS) is 11.6. The van der Waals surface area contributed by atoms with Gasteiger partial charge < -0.3 is 5.11 Å². The zero-order valence-corrected chi connectivity index (χ0v) is 9.96. The molecule has 0 aliphatic carbocycles. The van der Waals surface area contributed by atoms with Crippen molar-refractivity contribution in [3.05, 3.63) is 35.4 Å². The predicted molar refractivity (Wildman–Crippen MR) is 60.6 cm³/mol. The first kappa shape index (κ1) is 13.8. The maximum Gasteiger partial charge on any atom is 0.168 e. The standard InChI is InChI=1S/C13H16F2O2/c1-3-13(17,4-2)12(16)7-9-5-6-10(14)8-11(9)15/h5-6,8,17H,3-4,7H2,1-2H3. The molecule has 1 rings (SSSR count). The third kappa shape index (κ3) is 3.09. The van der Waals surface area contributed by atoms with Crippen LogP contribution in [0.4, 0.5) is 8.78 Å². The van der Waals surface area contributed by atoms with E-state index in [-0.39, 0.29) is 24.8 Å². The Labute approximate surface area is 99.3 Å². The summed E-state index contributed by atoms with van der Waals surface area (Å²) in [5.74, 6) is -1.87. The number of carbonyl (C=O) groups excluding carboxylic acids is 1. The molecule has 0 aliphatic heterocycles. The molecule has 2 nitrogen and oxygen atoms in total. The van der Waals surface area contributed by atoms with E-state index < -0.39 is 23.0 Å². The number of carbonyl (C=O) groups is 1. The molecule has 0 atom stereocenters. The van der Waals surface area contributed by atoms with E-state index >= 15 is 0 Å². The number of ketones is 1. The van der Waals surface area contributed by atoms with Crippen molar-refractivity contribution in [2.24, 2.45) is 0 Å². The maximum atomic E-state index is 13.3. The molecule has 0 radical (unpaired) electrons. The monoisotopic (exact) mass is 242 g/mol. The molecule has 4 heteroatoms. The molecular weight excluding hydrogens is 226 g/mol. The molecule has 0 saturated heterocycles. The maximum absolute atomic E-state index is 13.3. The van der Waals surface area contributed by atoms with Crippen LogP contribution in [0.3, 0.4) is 0 Å². The molecule has 0 spiro atoms. The van der Waals surface area contributed by atoms with Gasteiger partial charge in [0, 0.05) is 12.5 Å². The minimum absolute atomic E-state index is 0.108. The first-order valence-corrected chi connectivity index (χ1v) is 5.62. The molecule has 0 aromatic heterocycles. The molecule has 1 aromatic carbocycles. The third-order valence-corrected chi connectivity index (χ3v) is 3.05. The fraction of sp³-hybridized carbons (Fsp3) is 0.462. The number of benzene rings is 1. The summed E-state index contributed by atoms with van der Waals surface area (Å²) in [5, 5.41) is 9.96. The lowest BCUT2D eigenvalue weighted by atomic mass is 9.88. The van der Waals surface area contributed by atoms with Crippen molar-refractivity contribution in [1.29, 1.82) is 0 Å². The Bertz CT molecular complexity index is 412. The van der Waals surface area contributed by atoms with E-state index in [1.807, 2.05) is 0 Å². The second-order valence-electron chi connectivity index (χ2n) is 4.07. The summed E-state index contributed by atoms with van der Waals surface area (Å²) in [5.41, 5.74) is -1.31. The zero-order chi connectivity index (χ0) is 13.1. The van der Waals surface area contributed by atoms with Gasteiger partial charge in [0.1, 0.15) is 17.2 Å². The van der Waals surface area contributed by atoms with Crippen molar-refractivity contribution < 1.29 is 18.7 Å². The molecule has 0 unspecified atom stereocenters. The van der Waals surface area contributed by atoms with Gasteiger partial charge in [0.2, 0.25) is 0 Å². The molecule has 0 aliphatic rings. The molecule has 1 N–H and O–H groups in total. The van der Waals surface area contributed by atoms with E-state index in [9.17, 15) is 18.7 Å². The molecule has 94 valence electrons. The van der Waals surface area contributed by atoms with Crippen molar-refractivity contribution in [3.63, 3.8) is 0 Å². The van der Waals surface area contributed by atoms with Crippen molar-refractivity contribution in [1.82, 2.24) is 0 Å². The molecule has 1 aromatic rings. The van der Waals surface area contributed by atoms with Gasteiger partial charge >= 0.3 is 0 Å². The van der Waals surface area contributed by atoms with Crippen LogP contribution in [-0.2, 0) is 11.2 Å². The van der Waals surface area contributed by atoms with Crippen LogP contribution in [0.2, 0.25) is 0 Å². The van der Waals surface area contributed by atoms with Crippen LogP contribution in [0, 0.1) is 11.6 Å². The average Bonchev–Trinajstić information content (AvgIpc) is 2.31. The van der Waals surface area contributed by atoms with E-state index in [4.69, 9.17) is 0 Å². The van der Waals surface area contributed by atoms with Crippen molar-refractivity contribution >= 4 is 5.78 Å². The van der Waals surface area contributed by atoms with Gasteiger partial charge in [-0.25, -0.2) is 8.78 Å². The number of hydrogen-bond donors (Lipinski definition) is 1. The highest BCUT2D eigenvalue weighted by Crippen LogP contribution is 2.20. The van der Waals surface area contributed by atoms with E-state index in [0.29, 0.717) is 0 Å². The smallest absolute Gasteiger partial charge is 0.168 e. The quantitative estimate of drug-likeness (QED) is 0.861. The number of aliphatic hydroxyl groups is 1. The summed E-state index contributed by atoms with van der Waals surface area (Å²) in [6.45, 7) is 3.39. The summed E-state index contributed by atoms with van der Waals surface area (Å²) in [7, 11) is 0. The SMILES string of the molecule is CCC(O)(CC)C(=O)Cc1ccc(F)cc1F. The minimum atomic E-state index is -1.42. The molecule has 17 heavy (non-hydrogen) atoms. The van der Waals surface area contributed by atoms with Crippen LogP contribution >= 0.6 is 0 Å². The Morgan fingerprint density at radius 2 is 1.88 bits per heavy atom. The first-order valence-electron chi connectivity index (χ1n) is 5.62. The Hall–Kier alpha value is -1.29. The first-order chi connectivity index (χ1) is 7.92. The second-order valence-corrected chi connectivity index (χ2v) is 4.07. The Morgan fingerprint density at radius 1 is 1.29 bits per heavy atom. The van der Waals surface area contributed by atoms with Gasteiger partial charge in [-0.15, -0.1) is 0 Å². The molecule has 0 saturated carbocycles. The van der Waals surface area contributed by atoms with Gasteiger partial charge in [0.05, 0.1) is 0 Å². The van der Waals surface area contributed by atoms with Crippen molar-refractivity contribution in [2.75, 3.05) is 0 Å². The van der Waals surface area contributed by atoms with Crippen LogP contribution < -0.4 is 0 Å². The summed E-state index contributed by atoms with van der Waals surface area (Å²) in [4.78, 5) is 11.8. The summed E-state index contributed by atoms with van der Waals surface area (Å²) in [6, 6.07) is 3.07. The topological polar surface area (TPSA) is 37.3 Å². The third-order valence-electron chi connectivity index (χ3n) is 3.05. The average molecular weight is 242 g/mol. The van der Waals surface area contributed by atoms with Gasteiger partial charge in [0.15, 0.2) is 5.78 Å². The van der Waals surface area contributed by atoms with Gasteiger partial charge in [-0.1, -0.05) is 19.9 Å². The lowest BCUT2D eigenvalue weighted by Gasteiger charge is -2.23. The van der Waals surface area contributed by atoms with E-state index in [2.05, 4.69) is 0 Å². The van der Waals surface area contributed by atoms with E-state index in [1.54, 1.807) is 13.8 Å². The highest BCUT2D eigenvalue weighted by atomic mass is 19.1. The molecule has 0 amide bonds. The van der Waals surface area contributed by atoms with E-state index in [1.165, 1.54) is 6.07 Å². The van der Waals surface area contributed by atoms with Gasteiger partial charge in [-0.05, 0) is 24.5 Å². The zero-order valence-electron chi connectivity index (χ0n) is 9.96. The number of rotatable bonds is 5. The second kappa shape index (κ2) is 5.36. The van der Waals surface area contributed by atoms with Gasteiger partial charge in [-0.3, -0.25) is 4.79 Å². The molecule has 0 fully saturated rings. The molecular formula is C13H16F2O2. The van der Waals surface area contributed by atoms with Crippen LogP contribution in [0.25, 0.3) is 0 Å². The van der Waals surface area contributed by atoms with Gasteiger partial charge in [-0.2, -0.15) is 0 Å². The number of hydrogen-bond acceptors (Lipinski definition) is 2. The van der Waals surface area contributed by atoms with Crippen LogP contribution in [0.1, 0.15) is 32.3 Å².